The zero-order chi connectivity index (χ0) is 13.0. The van der Waals surface area contributed by atoms with E-state index in [1.807, 2.05) is 25.2 Å². The van der Waals surface area contributed by atoms with Crippen LogP contribution in [-0.2, 0) is 0 Å². The monoisotopic (exact) mass is 305 g/mol. The van der Waals surface area contributed by atoms with Gasteiger partial charge in [-0.25, -0.2) is 0 Å². The minimum absolute atomic E-state index is 0.134. The summed E-state index contributed by atoms with van der Waals surface area (Å²) in [4.78, 5) is 0. The summed E-state index contributed by atoms with van der Waals surface area (Å²) in [6.45, 7) is 0. The van der Waals surface area contributed by atoms with Crippen LogP contribution in [0, 0.1) is 0 Å². The van der Waals surface area contributed by atoms with Gasteiger partial charge in [-0.3, -0.25) is 0 Å². The van der Waals surface area contributed by atoms with Crippen LogP contribution in [0.2, 0.25) is 0 Å². The summed E-state index contributed by atoms with van der Waals surface area (Å²) < 4.78 is 6.51. The number of rotatable bonds is 4. The molecule has 18 heavy (non-hydrogen) atoms. The van der Waals surface area contributed by atoms with Crippen molar-refractivity contribution in [1.29, 1.82) is 0 Å². The molecule has 0 aromatic heterocycles. The van der Waals surface area contributed by atoms with Gasteiger partial charge in [0.05, 0.1) is 13.2 Å². The number of benzene rings is 2. The Morgan fingerprint density at radius 2 is 1.72 bits per heavy atom. The molecule has 0 bridgehead atoms. The molecule has 2 aromatic rings. The van der Waals surface area contributed by atoms with E-state index in [0.717, 1.165) is 15.8 Å². The summed E-state index contributed by atoms with van der Waals surface area (Å²) in [5.74, 6) is 0.903. The molecular formula is C15H16BrNO. The topological polar surface area (TPSA) is 21.3 Å². The SMILES string of the molecule is CNC(c1ccc(Br)cc1)c1ccccc1OC. The lowest BCUT2D eigenvalue weighted by molar-refractivity contribution is 0.405. The molecule has 0 aliphatic carbocycles. The van der Waals surface area contributed by atoms with Gasteiger partial charge in [0.2, 0.25) is 0 Å². The third kappa shape index (κ3) is 2.74. The smallest absolute Gasteiger partial charge is 0.123 e. The minimum Gasteiger partial charge on any atom is -0.496 e. The van der Waals surface area contributed by atoms with E-state index in [4.69, 9.17) is 4.74 Å². The molecule has 1 atom stereocenters. The van der Waals surface area contributed by atoms with Gasteiger partial charge in [-0.15, -0.1) is 0 Å². The second-order valence-corrected chi connectivity index (χ2v) is 4.93. The van der Waals surface area contributed by atoms with Gasteiger partial charge in [-0.05, 0) is 30.8 Å². The van der Waals surface area contributed by atoms with Gasteiger partial charge < -0.3 is 10.1 Å². The van der Waals surface area contributed by atoms with E-state index in [1.165, 1.54) is 5.56 Å². The fraction of sp³-hybridized carbons (Fsp3) is 0.200. The number of nitrogens with one attached hydrogen (secondary N) is 1. The van der Waals surface area contributed by atoms with E-state index in [-0.39, 0.29) is 6.04 Å². The Bertz CT molecular complexity index is 510. The molecule has 2 rings (SSSR count). The van der Waals surface area contributed by atoms with Crippen molar-refractivity contribution in [1.82, 2.24) is 5.32 Å². The highest BCUT2D eigenvalue weighted by atomic mass is 79.9. The van der Waals surface area contributed by atoms with E-state index in [9.17, 15) is 0 Å². The van der Waals surface area contributed by atoms with Crippen LogP contribution in [0.3, 0.4) is 0 Å². The third-order valence-electron chi connectivity index (χ3n) is 2.94. The van der Waals surface area contributed by atoms with Gasteiger partial charge in [-0.1, -0.05) is 46.3 Å². The number of methoxy groups -OCH3 is 1. The lowest BCUT2D eigenvalue weighted by Crippen LogP contribution is -2.18. The predicted molar refractivity (Wildman–Crippen MR) is 78.0 cm³/mol. The molecule has 0 aliphatic rings. The Kier molecular flexibility index (Phi) is 4.39. The van der Waals surface area contributed by atoms with Crippen LogP contribution in [0.25, 0.3) is 0 Å². The standard InChI is InChI=1S/C15H16BrNO/c1-17-15(11-7-9-12(16)10-8-11)13-5-3-4-6-14(13)18-2/h3-10,15,17H,1-2H3. The van der Waals surface area contributed by atoms with Crippen LogP contribution in [0.1, 0.15) is 17.2 Å². The average molecular weight is 306 g/mol. The summed E-state index contributed by atoms with van der Waals surface area (Å²) in [5.41, 5.74) is 2.36. The van der Waals surface area contributed by atoms with Crippen LogP contribution < -0.4 is 10.1 Å². The van der Waals surface area contributed by atoms with Crippen molar-refractivity contribution >= 4 is 15.9 Å². The zero-order valence-electron chi connectivity index (χ0n) is 10.5. The molecule has 0 aliphatic heterocycles. The normalized spacial score (nSPS) is 12.2. The fourth-order valence-electron chi connectivity index (χ4n) is 2.06. The van der Waals surface area contributed by atoms with Crippen molar-refractivity contribution in [3.05, 3.63) is 64.1 Å². The second-order valence-electron chi connectivity index (χ2n) is 4.02. The van der Waals surface area contributed by atoms with E-state index in [2.05, 4.69) is 51.6 Å². The van der Waals surface area contributed by atoms with Crippen molar-refractivity contribution < 1.29 is 4.74 Å². The quantitative estimate of drug-likeness (QED) is 0.928. The molecule has 2 aromatic carbocycles. The molecule has 1 unspecified atom stereocenters. The van der Waals surface area contributed by atoms with Crippen molar-refractivity contribution in [2.45, 2.75) is 6.04 Å². The molecule has 0 amide bonds. The molecule has 0 radical (unpaired) electrons. The Morgan fingerprint density at radius 1 is 1.06 bits per heavy atom. The highest BCUT2D eigenvalue weighted by molar-refractivity contribution is 9.10. The summed E-state index contributed by atoms with van der Waals surface area (Å²) >= 11 is 3.46. The van der Waals surface area contributed by atoms with E-state index < -0.39 is 0 Å². The fourth-order valence-corrected chi connectivity index (χ4v) is 2.33. The lowest BCUT2D eigenvalue weighted by atomic mass is 9.98. The summed E-state index contributed by atoms with van der Waals surface area (Å²) in [7, 11) is 3.66. The maximum Gasteiger partial charge on any atom is 0.123 e. The Labute approximate surface area is 116 Å². The van der Waals surface area contributed by atoms with E-state index >= 15 is 0 Å². The molecule has 1 N–H and O–H groups in total. The van der Waals surface area contributed by atoms with Crippen LogP contribution >= 0.6 is 15.9 Å². The van der Waals surface area contributed by atoms with Gasteiger partial charge in [0.25, 0.3) is 0 Å². The van der Waals surface area contributed by atoms with Gasteiger partial charge in [-0.2, -0.15) is 0 Å². The minimum atomic E-state index is 0.134. The molecule has 0 heterocycles. The molecule has 3 heteroatoms. The first-order valence-corrected chi connectivity index (χ1v) is 6.61. The van der Waals surface area contributed by atoms with Crippen LogP contribution in [-0.4, -0.2) is 14.2 Å². The molecule has 2 nitrogen and oxygen atoms in total. The maximum absolute atomic E-state index is 5.42. The van der Waals surface area contributed by atoms with Crippen LogP contribution in [0.15, 0.2) is 53.0 Å². The first kappa shape index (κ1) is 13.1. The predicted octanol–water partition coefficient (Wildman–Crippen LogP) is 3.77. The number of para-hydroxylation sites is 1. The Balaban J connectivity index is 2.41. The maximum atomic E-state index is 5.42. The molecule has 0 saturated carbocycles. The van der Waals surface area contributed by atoms with Crippen LogP contribution in [0.5, 0.6) is 5.75 Å². The van der Waals surface area contributed by atoms with Crippen molar-refractivity contribution in [3.8, 4) is 5.75 Å². The highest BCUT2D eigenvalue weighted by Gasteiger charge is 2.15. The highest BCUT2D eigenvalue weighted by Crippen LogP contribution is 2.30. The molecular weight excluding hydrogens is 290 g/mol. The first-order valence-electron chi connectivity index (χ1n) is 5.82. The van der Waals surface area contributed by atoms with E-state index in [0.29, 0.717) is 0 Å². The molecule has 0 fully saturated rings. The Morgan fingerprint density at radius 3 is 2.33 bits per heavy atom. The van der Waals surface area contributed by atoms with Crippen molar-refractivity contribution in [2.75, 3.05) is 14.2 Å². The van der Waals surface area contributed by atoms with Gasteiger partial charge in [0.1, 0.15) is 5.75 Å². The van der Waals surface area contributed by atoms with Crippen molar-refractivity contribution in [3.63, 3.8) is 0 Å². The first-order chi connectivity index (χ1) is 8.76. The third-order valence-corrected chi connectivity index (χ3v) is 3.47. The Hall–Kier alpha value is -1.32. The molecule has 0 saturated heterocycles. The van der Waals surface area contributed by atoms with Gasteiger partial charge >= 0.3 is 0 Å². The van der Waals surface area contributed by atoms with Gasteiger partial charge in [0.15, 0.2) is 0 Å². The lowest BCUT2D eigenvalue weighted by Gasteiger charge is -2.19. The largest absolute Gasteiger partial charge is 0.496 e. The van der Waals surface area contributed by atoms with Crippen molar-refractivity contribution in [2.24, 2.45) is 0 Å². The molecule has 94 valence electrons. The number of ether oxygens (including phenoxy) is 1. The average Bonchev–Trinajstić information content (AvgIpc) is 2.42. The molecule has 0 spiro atoms. The van der Waals surface area contributed by atoms with Gasteiger partial charge in [0, 0.05) is 10.0 Å². The number of halogens is 1. The summed E-state index contributed by atoms with van der Waals surface area (Å²) in [6.07, 6.45) is 0. The zero-order valence-corrected chi connectivity index (χ0v) is 12.1. The number of hydrogen-bond acceptors (Lipinski definition) is 2. The van der Waals surface area contributed by atoms with Crippen LogP contribution in [0.4, 0.5) is 0 Å². The number of hydrogen-bond donors (Lipinski definition) is 1. The second kappa shape index (κ2) is 6.03. The summed E-state index contributed by atoms with van der Waals surface area (Å²) in [6, 6.07) is 16.5. The summed E-state index contributed by atoms with van der Waals surface area (Å²) in [5, 5.41) is 3.33. The van der Waals surface area contributed by atoms with E-state index in [1.54, 1.807) is 7.11 Å².